The van der Waals surface area contributed by atoms with E-state index < -0.39 is 6.10 Å². The fourth-order valence-electron chi connectivity index (χ4n) is 4.40. The Bertz CT molecular complexity index is 1580. The largest absolute Gasteiger partial charge is 0.387 e. The first-order valence-corrected chi connectivity index (χ1v) is 10.7. The monoisotopic (exact) mass is 440 g/mol. The molecule has 166 valence electrons. The van der Waals surface area contributed by atoms with Crippen LogP contribution in [0.5, 0.6) is 0 Å². The summed E-state index contributed by atoms with van der Waals surface area (Å²) in [5.41, 5.74) is 10.4. The van der Waals surface area contributed by atoms with Crippen molar-refractivity contribution in [3.05, 3.63) is 87.7 Å². The topological polar surface area (TPSA) is 112 Å². The predicted octanol–water partition coefficient (Wildman–Crippen LogP) is 3.43. The smallest absolute Gasteiger partial charge is 0.263 e. The number of aliphatic hydroxyl groups excluding tert-OH is 1. The summed E-state index contributed by atoms with van der Waals surface area (Å²) in [5.74, 6) is 0.257. The molecule has 5 rings (SSSR count). The molecule has 0 spiro atoms. The second-order valence-electron chi connectivity index (χ2n) is 8.28. The molecule has 0 fully saturated rings. The van der Waals surface area contributed by atoms with Crippen molar-refractivity contribution in [1.82, 2.24) is 24.3 Å². The van der Waals surface area contributed by atoms with Gasteiger partial charge in [-0.15, -0.1) is 0 Å². The van der Waals surface area contributed by atoms with E-state index in [0.717, 1.165) is 27.9 Å². The minimum Gasteiger partial charge on any atom is -0.387 e. The minimum absolute atomic E-state index is 0.0868. The standard InChI is InChI=1S/C25H24N6O2/c1-14-7-4-5-10-19(14)31-18(11-17-9-6-8-15(2)20(17)25(31)33)12-30-24-21(22(29-30)16(3)32)23(26)27-13-28-24/h4-11,13,16,32H,12H2,1-3H3,(H2,26,27,28)/t16-/m1/s1. The summed E-state index contributed by atoms with van der Waals surface area (Å²) in [7, 11) is 0. The SMILES string of the molecule is Cc1ccccc1-n1c(Cn2nc([C@@H](C)O)c3c(N)ncnc32)cc2cccc(C)c2c1=O. The van der Waals surface area contributed by atoms with Crippen LogP contribution in [0.1, 0.15) is 35.5 Å². The van der Waals surface area contributed by atoms with Crippen LogP contribution in [0.15, 0.2) is 59.7 Å². The Morgan fingerprint density at radius 1 is 1.03 bits per heavy atom. The summed E-state index contributed by atoms with van der Waals surface area (Å²) in [6.45, 7) is 5.81. The van der Waals surface area contributed by atoms with Gasteiger partial charge in [-0.2, -0.15) is 5.10 Å². The molecule has 2 aromatic carbocycles. The molecule has 0 radical (unpaired) electrons. The predicted molar refractivity (Wildman–Crippen MR) is 128 cm³/mol. The number of benzene rings is 2. The van der Waals surface area contributed by atoms with E-state index in [1.54, 1.807) is 16.2 Å². The molecule has 33 heavy (non-hydrogen) atoms. The number of aliphatic hydroxyl groups is 1. The van der Waals surface area contributed by atoms with E-state index in [1.807, 2.05) is 62.4 Å². The second kappa shape index (κ2) is 7.83. The lowest BCUT2D eigenvalue weighted by Gasteiger charge is -2.17. The molecule has 8 heteroatoms. The third-order valence-corrected chi connectivity index (χ3v) is 5.98. The van der Waals surface area contributed by atoms with Gasteiger partial charge in [0.15, 0.2) is 5.65 Å². The van der Waals surface area contributed by atoms with Crippen LogP contribution in [0.4, 0.5) is 5.82 Å². The quantitative estimate of drug-likeness (QED) is 0.443. The average Bonchev–Trinajstić information content (AvgIpc) is 3.15. The van der Waals surface area contributed by atoms with E-state index >= 15 is 0 Å². The van der Waals surface area contributed by atoms with E-state index in [0.29, 0.717) is 22.1 Å². The summed E-state index contributed by atoms with van der Waals surface area (Å²) < 4.78 is 3.41. The van der Waals surface area contributed by atoms with E-state index in [2.05, 4.69) is 15.1 Å². The van der Waals surface area contributed by atoms with Crippen LogP contribution < -0.4 is 11.3 Å². The molecule has 1 atom stereocenters. The number of aryl methyl sites for hydroxylation is 2. The number of fused-ring (bicyclic) bond motifs is 2. The van der Waals surface area contributed by atoms with Crippen LogP contribution in [-0.4, -0.2) is 29.4 Å². The number of para-hydroxylation sites is 1. The Morgan fingerprint density at radius 3 is 2.55 bits per heavy atom. The highest BCUT2D eigenvalue weighted by Gasteiger charge is 2.21. The van der Waals surface area contributed by atoms with Crippen molar-refractivity contribution in [3.63, 3.8) is 0 Å². The fourth-order valence-corrected chi connectivity index (χ4v) is 4.40. The van der Waals surface area contributed by atoms with E-state index in [4.69, 9.17) is 5.73 Å². The van der Waals surface area contributed by atoms with Crippen LogP contribution in [0.3, 0.4) is 0 Å². The van der Waals surface area contributed by atoms with Crippen molar-refractivity contribution in [3.8, 4) is 5.69 Å². The molecule has 0 bridgehead atoms. The highest BCUT2D eigenvalue weighted by molar-refractivity contribution is 5.89. The number of hydrogen-bond donors (Lipinski definition) is 2. The molecule has 3 aromatic heterocycles. The van der Waals surface area contributed by atoms with Gasteiger partial charge in [0.2, 0.25) is 0 Å². The van der Waals surface area contributed by atoms with Gasteiger partial charge < -0.3 is 10.8 Å². The second-order valence-corrected chi connectivity index (χ2v) is 8.28. The lowest BCUT2D eigenvalue weighted by Crippen LogP contribution is -2.25. The van der Waals surface area contributed by atoms with Crippen molar-refractivity contribution in [1.29, 1.82) is 0 Å². The van der Waals surface area contributed by atoms with Gasteiger partial charge in [0.25, 0.3) is 5.56 Å². The van der Waals surface area contributed by atoms with E-state index in [9.17, 15) is 9.90 Å². The van der Waals surface area contributed by atoms with Gasteiger partial charge >= 0.3 is 0 Å². The van der Waals surface area contributed by atoms with Crippen molar-refractivity contribution in [2.45, 2.75) is 33.4 Å². The van der Waals surface area contributed by atoms with Crippen molar-refractivity contribution >= 4 is 27.6 Å². The minimum atomic E-state index is -0.847. The zero-order valence-corrected chi connectivity index (χ0v) is 18.6. The van der Waals surface area contributed by atoms with Crippen LogP contribution >= 0.6 is 0 Å². The number of aromatic nitrogens is 5. The molecule has 8 nitrogen and oxygen atoms in total. The summed E-state index contributed by atoms with van der Waals surface area (Å²) in [4.78, 5) is 22.2. The fraction of sp³-hybridized carbons (Fsp3) is 0.200. The Morgan fingerprint density at radius 2 is 1.79 bits per heavy atom. The summed E-state index contributed by atoms with van der Waals surface area (Å²) in [6.07, 6.45) is 0.527. The molecule has 0 unspecified atom stereocenters. The molecule has 0 saturated carbocycles. The molecule has 0 amide bonds. The maximum atomic E-state index is 13.8. The van der Waals surface area contributed by atoms with Gasteiger partial charge in [-0.05, 0) is 49.4 Å². The third-order valence-electron chi connectivity index (χ3n) is 5.98. The highest BCUT2D eigenvalue weighted by atomic mass is 16.3. The number of hydrogen-bond acceptors (Lipinski definition) is 6. The summed E-state index contributed by atoms with van der Waals surface area (Å²) in [5, 5.41) is 16.9. The summed E-state index contributed by atoms with van der Waals surface area (Å²) in [6, 6.07) is 15.6. The molecule has 0 saturated heterocycles. The van der Waals surface area contributed by atoms with E-state index in [-0.39, 0.29) is 17.9 Å². The number of pyridine rings is 1. The van der Waals surface area contributed by atoms with Gasteiger partial charge in [0.1, 0.15) is 17.8 Å². The number of nitrogens with zero attached hydrogens (tertiary/aromatic N) is 5. The molecule has 0 aliphatic heterocycles. The lowest BCUT2D eigenvalue weighted by atomic mass is 10.1. The van der Waals surface area contributed by atoms with Crippen LogP contribution in [-0.2, 0) is 6.54 Å². The van der Waals surface area contributed by atoms with Gasteiger partial charge in [-0.3, -0.25) is 9.36 Å². The first-order valence-electron chi connectivity index (χ1n) is 10.7. The Balaban J connectivity index is 1.81. The Hall–Kier alpha value is -4.04. The maximum absolute atomic E-state index is 13.8. The molecular weight excluding hydrogens is 416 g/mol. The third kappa shape index (κ3) is 3.35. The van der Waals surface area contributed by atoms with Gasteiger partial charge in [0, 0.05) is 5.69 Å². The van der Waals surface area contributed by atoms with Gasteiger partial charge in [-0.1, -0.05) is 36.4 Å². The molecule has 0 aliphatic rings. The molecule has 3 heterocycles. The van der Waals surface area contributed by atoms with Crippen LogP contribution in [0.2, 0.25) is 0 Å². The van der Waals surface area contributed by atoms with Gasteiger partial charge in [0.05, 0.1) is 29.1 Å². The Kier molecular flexibility index (Phi) is 4.94. The zero-order valence-electron chi connectivity index (χ0n) is 18.6. The normalized spacial score (nSPS) is 12.5. The highest BCUT2D eigenvalue weighted by Crippen LogP contribution is 2.27. The lowest BCUT2D eigenvalue weighted by molar-refractivity contribution is 0.194. The first kappa shape index (κ1) is 20.8. The first-order chi connectivity index (χ1) is 15.9. The number of nitrogens with two attached hydrogens (primary N) is 1. The Labute approximate surface area is 190 Å². The number of nitrogen functional groups attached to an aromatic ring is 1. The number of rotatable bonds is 4. The zero-order chi connectivity index (χ0) is 23.3. The van der Waals surface area contributed by atoms with Crippen LogP contribution in [0.25, 0.3) is 27.5 Å². The molecule has 0 aliphatic carbocycles. The van der Waals surface area contributed by atoms with Gasteiger partial charge in [-0.25, -0.2) is 14.6 Å². The number of anilines is 1. The molecular formula is C25H24N6O2. The molecule has 5 aromatic rings. The van der Waals surface area contributed by atoms with Crippen LogP contribution in [0, 0.1) is 13.8 Å². The maximum Gasteiger partial charge on any atom is 0.263 e. The van der Waals surface area contributed by atoms with E-state index in [1.165, 1.54) is 6.33 Å². The average molecular weight is 441 g/mol. The summed E-state index contributed by atoms with van der Waals surface area (Å²) >= 11 is 0. The van der Waals surface area contributed by atoms with Crippen molar-refractivity contribution in [2.75, 3.05) is 5.73 Å². The van der Waals surface area contributed by atoms with Crippen molar-refractivity contribution < 1.29 is 5.11 Å². The van der Waals surface area contributed by atoms with Crippen molar-refractivity contribution in [2.24, 2.45) is 0 Å². The molecule has 3 N–H and O–H groups in total.